The summed E-state index contributed by atoms with van der Waals surface area (Å²) in [6.45, 7) is 0. The van der Waals surface area contributed by atoms with Gasteiger partial charge in [0.1, 0.15) is 0 Å². The molecule has 0 aliphatic heterocycles. The highest BCUT2D eigenvalue weighted by atomic mass is 32.1. The number of carbonyl (C=O) groups excluding carboxylic acids is 2. The molecule has 0 fully saturated rings. The third kappa shape index (κ3) is 3.82. The van der Waals surface area contributed by atoms with Gasteiger partial charge in [-0.1, -0.05) is 0 Å². The second-order valence-electron chi connectivity index (χ2n) is 3.51. The zero-order valence-electron chi connectivity index (χ0n) is 9.59. The van der Waals surface area contributed by atoms with Gasteiger partial charge in [-0.15, -0.1) is 0 Å². The van der Waals surface area contributed by atoms with E-state index in [1.807, 2.05) is 0 Å². The van der Waals surface area contributed by atoms with Crippen LogP contribution in [0.3, 0.4) is 0 Å². The van der Waals surface area contributed by atoms with E-state index in [4.69, 9.17) is 0 Å². The number of rotatable bonds is 7. The summed E-state index contributed by atoms with van der Waals surface area (Å²) in [5.41, 5.74) is -2.52. The van der Waals surface area contributed by atoms with Crippen molar-refractivity contribution < 1.29 is 18.4 Å². The molecular weight excluding hydrogens is 270 g/mol. The first-order chi connectivity index (χ1) is 7.79. The van der Waals surface area contributed by atoms with Gasteiger partial charge in [0.05, 0.1) is 6.42 Å². The fourth-order valence-corrected chi connectivity index (χ4v) is 1.72. The number of Topliss-reactive ketones (excluding diaryl/α,β-unsaturated/α-hetero) is 1. The largest absolute Gasteiger partial charge is 0.356 e. The summed E-state index contributed by atoms with van der Waals surface area (Å²) in [5.74, 6) is -5.48. The molecule has 0 aliphatic carbocycles. The van der Waals surface area contributed by atoms with E-state index in [2.05, 4.69) is 35.9 Å². The first kappa shape index (κ1) is 16.7. The molecule has 0 radical (unpaired) electrons. The summed E-state index contributed by atoms with van der Waals surface area (Å²) in [7, 11) is 2.44. The highest BCUT2D eigenvalue weighted by molar-refractivity contribution is 7.80. The summed E-state index contributed by atoms with van der Waals surface area (Å²) >= 11 is 7.35. The molecule has 8 heteroatoms. The number of amides is 1. The number of ketones is 1. The molecule has 0 aromatic carbocycles. The lowest BCUT2D eigenvalue weighted by Crippen LogP contribution is -2.53. The number of hydrogen-bond donors (Lipinski definition) is 4. The van der Waals surface area contributed by atoms with Crippen molar-refractivity contribution in [2.24, 2.45) is 0 Å². The number of nitrogens with one attached hydrogen (secondary N) is 2. The van der Waals surface area contributed by atoms with Gasteiger partial charge in [-0.05, 0) is 7.05 Å². The number of hydrogen-bond acceptors (Lipinski definition) is 5. The zero-order valence-corrected chi connectivity index (χ0v) is 11.4. The molecule has 0 bridgehead atoms. The van der Waals surface area contributed by atoms with Crippen molar-refractivity contribution in [2.45, 2.75) is 17.9 Å². The zero-order chi connectivity index (χ0) is 13.7. The molecule has 4 nitrogen and oxygen atoms in total. The predicted octanol–water partition coefficient (Wildman–Crippen LogP) is 0.145. The molecule has 1 amide bonds. The lowest BCUT2D eigenvalue weighted by molar-refractivity contribution is -0.140. The second kappa shape index (κ2) is 6.55. The van der Waals surface area contributed by atoms with E-state index in [0.717, 1.165) is 0 Å². The van der Waals surface area contributed by atoms with Crippen molar-refractivity contribution in [2.75, 3.05) is 25.6 Å². The SMILES string of the molecule is CNC(=O)[C@](F)(CS)CC(=O)[C@@](F)(CS)NC. The lowest BCUT2D eigenvalue weighted by Gasteiger charge is -2.26. The molecule has 0 rings (SSSR count). The van der Waals surface area contributed by atoms with E-state index in [1.165, 1.54) is 14.1 Å². The lowest BCUT2D eigenvalue weighted by atomic mass is 9.96. The minimum Gasteiger partial charge on any atom is -0.356 e. The van der Waals surface area contributed by atoms with Crippen molar-refractivity contribution in [1.82, 2.24) is 10.6 Å². The summed E-state index contributed by atoms with van der Waals surface area (Å²) < 4.78 is 27.9. The third-order valence-corrected chi connectivity index (χ3v) is 3.32. The van der Waals surface area contributed by atoms with Gasteiger partial charge in [0.2, 0.25) is 11.5 Å². The van der Waals surface area contributed by atoms with Gasteiger partial charge in [0.15, 0.2) is 5.78 Å². The van der Waals surface area contributed by atoms with E-state index >= 15 is 0 Å². The summed E-state index contributed by atoms with van der Waals surface area (Å²) in [6.07, 6.45) is -0.895. The standard InChI is InChI=1S/C9H16F2N2O2S2/c1-12-7(15)8(10,4-16)3-6(14)9(11,5-17)13-2/h13,16-17H,3-5H2,1-2H3,(H,12,15)/t8-,9-/m1/s1. The maximum atomic E-state index is 14.0. The Bertz CT molecular complexity index is 301. The Balaban J connectivity index is 4.92. The summed E-state index contributed by atoms with van der Waals surface area (Å²) in [4.78, 5) is 22.8. The number of alkyl halides is 2. The smallest absolute Gasteiger partial charge is 0.258 e. The number of thiol groups is 2. The Morgan fingerprint density at radius 1 is 1.18 bits per heavy atom. The molecule has 2 N–H and O–H groups in total. The van der Waals surface area contributed by atoms with Gasteiger partial charge in [-0.3, -0.25) is 14.9 Å². The minimum absolute atomic E-state index is 0.446. The van der Waals surface area contributed by atoms with Crippen LogP contribution in [0.4, 0.5) is 8.78 Å². The third-order valence-electron chi connectivity index (χ3n) is 2.38. The maximum absolute atomic E-state index is 14.0. The Morgan fingerprint density at radius 2 is 1.71 bits per heavy atom. The highest BCUT2D eigenvalue weighted by Crippen LogP contribution is 2.24. The van der Waals surface area contributed by atoms with Crippen molar-refractivity contribution in [3.05, 3.63) is 0 Å². The van der Waals surface area contributed by atoms with Crippen molar-refractivity contribution in [3.8, 4) is 0 Å². The fourth-order valence-electron chi connectivity index (χ4n) is 1.13. The maximum Gasteiger partial charge on any atom is 0.258 e. The van der Waals surface area contributed by atoms with Crippen LogP contribution < -0.4 is 10.6 Å². The van der Waals surface area contributed by atoms with Crippen molar-refractivity contribution in [1.29, 1.82) is 0 Å². The molecular formula is C9H16F2N2O2S2. The molecule has 0 saturated carbocycles. The van der Waals surface area contributed by atoms with Crippen molar-refractivity contribution in [3.63, 3.8) is 0 Å². The Morgan fingerprint density at radius 3 is 2.00 bits per heavy atom. The van der Waals surface area contributed by atoms with Gasteiger partial charge >= 0.3 is 0 Å². The fraction of sp³-hybridized carbons (Fsp3) is 0.778. The molecule has 0 aromatic rings. The van der Waals surface area contributed by atoms with Crippen molar-refractivity contribution >= 4 is 36.9 Å². The van der Waals surface area contributed by atoms with Crippen LogP contribution in [0.1, 0.15) is 6.42 Å². The monoisotopic (exact) mass is 286 g/mol. The van der Waals surface area contributed by atoms with Crippen LogP contribution in [0.2, 0.25) is 0 Å². The topological polar surface area (TPSA) is 58.2 Å². The van der Waals surface area contributed by atoms with E-state index < -0.39 is 41.1 Å². The summed E-state index contributed by atoms with van der Waals surface area (Å²) in [5, 5.41) is 4.19. The van der Waals surface area contributed by atoms with E-state index in [0.29, 0.717) is 0 Å². The van der Waals surface area contributed by atoms with Crippen LogP contribution in [0.25, 0.3) is 0 Å². The molecule has 17 heavy (non-hydrogen) atoms. The van der Waals surface area contributed by atoms with Gasteiger partial charge in [0.25, 0.3) is 5.91 Å². The van der Waals surface area contributed by atoms with Crippen LogP contribution in [0.15, 0.2) is 0 Å². The first-order valence-electron chi connectivity index (χ1n) is 4.83. The first-order valence-corrected chi connectivity index (χ1v) is 6.10. The second-order valence-corrected chi connectivity index (χ2v) is 4.14. The number of carbonyl (C=O) groups is 2. The van der Waals surface area contributed by atoms with Crippen LogP contribution in [0.5, 0.6) is 0 Å². The van der Waals surface area contributed by atoms with Crippen LogP contribution in [-0.4, -0.2) is 48.8 Å². The normalized spacial score (nSPS) is 18.0. The Kier molecular flexibility index (Phi) is 6.42. The van der Waals surface area contributed by atoms with Gasteiger partial charge in [-0.25, -0.2) is 8.78 Å². The number of likely N-dealkylation sites (N-methyl/N-ethyl adjacent to an activating group) is 1. The molecule has 0 aliphatic rings. The minimum atomic E-state index is -2.52. The highest BCUT2D eigenvalue weighted by Gasteiger charge is 2.45. The number of halogens is 2. The van der Waals surface area contributed by atoms with E-state index in [1.54, 1.807) is 0 Å². The van der Waals surface area contributed by atoms with Crippen LogP contribution in [0, 0.1) is 0 Å². The average molecular weight is 286 g/mol. The Hall–Kier alpha value is -0.340. The predicted molar refractivity (Wildman–Crippen MR) is 68.1 cm³/mol. The molecule has 0 spiro atoms. The molecule has 0 aromatic heterocycles. The van der Waals surface area contributed by atoms with Gasteiger partial charge < -0.3 is 5.32 Å². The molecule has 2 atom stereocenters. The quantitative estimate of drug-likeness (QED) is 0.398. The Labute approximate surface area is 110 Å². The molecule has 100 valence electrons. The van der Waals surface area contributed by atoms with E-state index in [9.17, 15) is 18.4 Å². The van der Waals surface area contributed by atoms with E-state index in [-0.39, 0.29) is 0 Å². The van der Waals surface area contributed by atoms with Gasteiger partial charge in [0, 0.05) is 18.6 Å². The molecule has 0 unspecified atom stereocenters. The summed E-state index contributed by atoms with van der Waals surface area (Å²) in [6, 6.07) is 0. The molecule has 0 saturated heterocycles. The average Bonchev–Trinajstić information content (AvgIpc) is 2.36. The van der Waals surface area contributed by atoms with Gasteiger partial charge in [-0.2, -0.15) is 25.3 Å². The van der Waals surface area contributed by atoms with Crippen LogP contribution >= 0.6 is 25.3 Å². The van der Waals surface area contributed by atoms with Crippen LogP contribution in [-0.2, 0) is 9.59 Å². The molecule has 0 heterocycles.